The first-order chi connectivity index (χ1) is 10.6. The van der Waals surface area contributed by atoms with Crippen LogP contribution in [0.5, 0.6) is 0 Å². The molecule has 0 radical (unpaired) electrons. The first-order valence-corrected chi connectivity index (χ1v) is 7.09. The lowest BCUT2D eigenvalue weighted by atomic mass is 10.1. The number of carbonyl (C=O) groups is 2. The van der Waals surface area contributed by atoms with Crippen molar-refractivity contribution in [2.45, 2.75) is 19.4 Å². The van der Waals surface area contributed by atoms with Gasteiger partial charge in [-0.1, -0.05) is 48.0 Å². The third-order valence-corrected chi connectivity index (χ3v) is 3.35. The SMILES string of the molecule is COC(=O)[C@@H](Cc1ccccc1)NC(=O)c1cccc(C)c1. The summed E-state index contributed by atoms with van der Waals surface area (Å²) >= 11 is 0. The van der Waals surface area contributed by atoms with Gasteiger partial charge in [0.25, 0.3) is 5.91 Å². The minimum atomic E-state index is -0.708. The summed E-state index contributed by atoms with van der Waals surface area (Å²) in [6.45, 7) is 1.92. The highest BCUT2D eigenvalue weighted by Crippen LogP contribution is 2.08. The van der Waals surface area contributed by atoms with Crippen molar-refractivity contribution in [2.24, 2.45) is 0 Å². The molecule has 114 valence electrons. The molecule has 22 heavy (non-hydrogen) atoms. The van der Waals surface area contributed by atoms with Crippen molar-refractivity contribution in [1.82, 2.24) is 5.32 Å². The highest BCUT2D eigenvalue weighted by atomic mass is 16.5. The van der Waals surface area contributed by atoms with Gasteiger partial charge in [0.1, 0.15) is 6.04 Å². The number of esters is 1. The van der Waals surface area contributed by atoms with E-state index in [0.717, 1.165) is 11.1 Å². The van der Waals surface area contributed by atoms with E-state index in [9.17, 15) is 9.59 Å². The van der Waals surface area contributed by atoms with E-state index >= 15 is 0 Å². The predicted molar refractivity (Wildman–Crippen MR) is 84.6 cm³/mol. The van der Waals surface area contributed by atoms with Crippen molar-refractivity contribution in [2.75, 3.05) is 7.11 Å². The Kier molecular flexibility index (Phi) is 5.31. The molecule has 1 amide bonds. The maximum atomic E-state index is 12.3. The average molecular weight is 297 g/mol. The van der Waals surface area contributed by atoms with Crippen LogP contribution in [0.3, 0.4) is 0 Å². The number of aryl methyl sites for hydroxylation is 1. The molecular formula is C18H19NO3. The Morgan fingerprint density at radius 1 is 1.09 bits per heavy atom. The van der Waals surface area contributed by atoms with Gasteiger partial charge in [0.2, 0.25) is 0 Å². The number of ether oxygens (including phenoxy) is 1. The second kappa shape index (κ2) is 7.41. The molecule has 0 spiro atoms. The first kappa shape index (κ1) is 15.8. The normalized spacial score (nSPS) is 11.5. The van der Waals surface area contributed by atoms with Crippen LogP contribution in [0.15, 0.2) is 54.6 Å². The number of rotatable bonds is 5. The second-order valence-corrected chi connectivity index (χ2v) is 5.11. The van der Waals surface area contributed by atoms with Gasteiger partial charge in [-0.05, 0) is 24.6 Å². The molecule has 0 unspecified atom stereocenters. The second-order valence-electron chi connectivity index (χ2n) is 5.11. The largest absolute Gasteiger partial charge is 0.467 e. The van der Waals surface area contributed by atoms with Gasteiger partial charge in [0.15, 0.2) is 0 Å². The fraction of sp³-hybridized carbons (Fsp3) is 0.222. The van der Waals surface area contributed by atoms with Crippen LogP contribution in [0.1, 0.15) is 21.5 Å². The fourth-order valence-electron chi connectivity index (χ4n) is 2.21. The summed E-state index contributed by atoms with van der Waals surface area (Å²) in [7, 11) is 1.32. The maximum absolute atomic E-state index is 12.3. The van der Waals surface area contributed by atoms with E-state index < -0.39 is 12.0 Å². The molecule has 0 aliphatic carbocycles. The molecule has 1 atom stereocenters. The van der Waals surface area contributed by atoms with Crippen LogP contribution in [-0.2, 0) is 16.0 Å². The van der Waals surface area contributed by atoms with Crippen molar-refractivity contribution >= 4 is 11.9 Å². The van der Waals surface area contributed by atoms with Crippen molar-refractivity contribution in [1.29, 1.82) is 0 Å². The van der Waals surface area contributed by atoms with E-state index in [2.05, 4.69) is 5.32 Å². The lowest BCUT2D eigenvalue weighted by molar-refractivity contribution is -0.142. The molecule has 2 aromatic rings. The maximum Gasteiger partial charge on any atom is 0.328 e. The average Bonchev–Trinajstić information content (AvgIpc) is 2.54. The van der Waals surface area contributed by atoms with Crippen molar-refractivity contribution < 1.29 is 14.3 Å². The van der Waals surface area contributed by atoms with Crippen LogP contribution in [0.25, 0.3) is 0 Å². The number of methoxy groups -OCH3 is 1. The zero-order valence-corrected chi connectivity index (χ0v) is 12.7. The minimum absolute atomic E-state index is 0.282. The van der Waals surface area contributed by atoms with E-state index in [0.29, 0.717) is 12.0 Å². The van der Waals surface area contributed by atoms with Crippen LogP contribution < -0.4 is 5.32 Å². The summed E-state index contributed by atoms with van der Waals surface area (Å²) in [5.74, 6) is -0.736. The Morgan fingerprint density at radius 3 is 2.45 bits per heavy atom. The van der Waals surface area contributed by atoms with E-state index in [1.807, 2.05) is 49.4 Å². The summed E-state index contributed by atoms with van der Waals surface area (Å²) in [5, 5.41) is 2.75. The third kappa shape index (κ3) is 4.19. The molecule has 0 saturated carbocycles. The van der Waals surface area contributed by atoms with Gasteiger partial charge in [0.05, 0.1) is 7.11 Å². The van der Waals surface area contributed by atoms with Crippen molar-refractivity contribution in [3.05, 3.63) is 71.3 Å². The number of hydrogen-bond donors (Lipinski definition) is 1. The number of benzene rings is 2. The van der Waals surface area contributed by atoms with Gasteiger partial charge in [-0.2, -0.15) is 0 Å². The summed E-state index contributed by atoms with van der Waals surface area (Å²) in [6.07, 6.45) is 0.394. The Hall–Kier alpha value is -2.62. The monoisotopic (exact) mass is 297 g/mol. The lowest BCUT2D eigenvalue weighted by Crippen LogP contribution is -2.43. The molecule has 1 N–H and O–H groups in total. The van der Waals surface area contributed by atoms with Gasteiger partial charge in [-0.15, -0.1) is 0 Å². The van der Waals surface area contributed by atoms with Crippen LogP contribution in [0.2, 0.25) is 0 Å². The third-order valence-electron chi connectivity index (χ3n) is 3.35. The molecule has 2 rings (SSSR count). The van der Waals surface area contributed by atoms with Gasteiger partial charge in [-0.3, -0.25) is 4.79 Å². The van der Waals surface area contributed by atoms with Crippen molar-refractivity contribution in [3.8, 4) is 0 Å². The molecule has 0 fully saturated rings. The summed E-state index contributed by atoms with van der Waals surface area (Å²) in [5.41, 5.74) is 2.48. The van der Waals surface area contributed by atoms with E-state index in [-0.39, 0.29) is 5.91 Å². The smallest absolute Gasteiger partial charge is 0.328 e. The molecule has 0 bridgehead atoms. The summed E-state index contributed by atoms with van der Waals surface area (Å²) in [6, 6.07) is 16.0. The minimum Gasteiger partial charge on any atom is -0.467 e. The van der Waals surface area contributed by atoms with E-state index in [1.165, 1.54) is 7.11 Å². The Bertz CT molecular complexity index is 652. The van der Waals surface area contributed by atoms with E-state index in [1.54, 1.807) is 12.1 Å². The number of hydrogen-bond acceptors (Lipinski definition) is 3. The summed E-state index contributed by atoms with van der Waals surface area (Å²) in [4.78, 5) is 24.2. The van der Waals surface area contributed by atoms with Gasteiger partial charge in [0, 0.05) is 12.0 Å². The van der Waals surface area contributed by atoms with Crippen LogP contribution in [0.4, 0.5) is 0 Å². The molecule has 4 heteroatoms. The fourth-order valence-corrected chi connectivity index (χ4v) is 2.21. The zero-order valence-electron chi connectivity index (χ0n) is 12.7. The number of nitrogens with one attached hydrogen (secondary N) is 1. The van der Waals surface area contributed by atoms with Crippen LogP contribution >= 0.6 is 0 Å². The van der Waals surface area contributed by atoms with Crippen LogP contribution in [-0.4, -0.2) is 25.0 Å². The van der Waals surface area contributed by atoms with Gasteiger partial charge < -0.3 is 10.1 Å². The molecule has 2 aromatic carbocycles. The Labute approximate surface area is 130 Å². The quantitative estimate of drug-likeness (QED) is 0.863. The predicted octanol–water partition coefficient (Wildman–Crippen LogP) is 2.51. The van der Waals surface area contributed by atoms with E-state index in [4.69, 9.17) is 4.74 Å². The van der Waals surface area contributed by atoms with Gasteiger partial charge in [-0.25, -0.2) is 4.79 Å². The molecule has 0 aliphatic heterocycles. The highest BCUT2D eigenvalue weighted by Gasteiger charge is 2.22. The number of amides is 1. The van der Waals surface area contributed by atoms with Crippen LogP contribution in [0, 0.1) is 6.92 Å². The van der Waals surface area contributed by atoms with Gasteiger partial charge >= 0.3 is 5.97 Å². The molecule has 4 nitrogen and oxygen atoms in total. The number of carbonyl (C=O) groups excluding carboxylic acids is 2. The lowest BCUT2D eigenvalue weighted by Gasteiger charge is -2.17. The molecule has 0 aromatic heterocycles. The Balaban J connectivity index is 2.13. The Morgan fingerprint density at radius 2 is 1.82 bits per heavy atom. The molecule has 0 aliphatic rings. The standard InChI is InChI=1S/C18H19NO3/c1-13-7-6-10-15(11-13)17(20)19-16(18(21)22-2)12-14-8-4-3-5-9-14/h3-11,16H,12H2,1-2H3,(H,19,20)/t16-/m1/s1. The van der Waals surface area contributed by atoms with Crippen molar-refractivity contribution in [3.63, 3.8) is 0 Å². The molecule has 0 heterocycles. The highest BCUT2D eigenvalue weighted by molar-refractivity contribution is 5.97. The first-order valence-electron chi connectivity index (χ1n) is 7.09. The molecule has 0 saturated heterocycles. The summed E-state index contributed by atoms with van der Waals surface area (Å²) < 4.78 is 4.79. The molecular weight excluding hydrogens is 278 g/mol. The zero-order chi connectivity index (χ0) is 15.9. The topological polar surface area (TPSA) is 55.4 Å².